The minimum Gasteiger partial charge on any atom is -0.397 e. The zero-order chi connectivity index (χ0) is 16.4. The fourth-order valence-corrected chi connectivity index (χ4v) is 3.44. The lowest BCUT2D eigenvalue weighted by molar-refractivity contribution is 0.198. The second kappa shape index (κ2) is 6.50. The highest BCUT2D eigenvalue weighted by atomic mass is 32.1. The summed E-state index contributed by atoms with van der Waals surface area (Å²) in [6.45, 7) is 1.71. The van der Waals surface area contributed by atoms with Crippen molar-refractivity contribution < 1.29 is 9.53 Å². The maximum atomic E-state index is 12.0. The molecule has 4 rings (SSSR count). The molecule has 0 spiro atoms. The fourth-order valence-electron chi connectivity index (χ4n) is 2.74. The molecule has 0 aromatic carbocycles. The third kappa shape index (κ3) is 3.06. The molecule has 4 heterocycles. The van der Waals surface area contributed by atoms with Crippen LogP contribution in [0.4, 0.5) is 16.2 Å². The number of H-pyrrole nitrogens is 1. The SMILES string of the molecule is O=C(NC1CCNC1)Oc1sccc1Nc1ccnc2[nH]ccc12. The van der Waals surface area contributed by atoms with Gasteiger partial charge in [0.05, 0.1) is 11.4 Å². The van der Waals surface area contributed by atoms with E-state index in [1.807, 2.05) is 29.8 Å². The van der Waals surface area contributed by atoms with Gasteiger partial charge in [-0.25, -0.2) is 9.78 Å². The van der Waals surface area contributed by atoms with E-state index in [4.69, 9.17) is 4.74 Å². The molecule has 0 bridgehead atoms. The zero-order valence-corrected chi connectivity index (χ0v) is 13.7. The van der Waals surface area contributed by atoms with Gasteiger partial charge >= 0.3 is 6.09 Å². The van der Waals surface area contributed by atoms with E-state index in [0.717, 1.165) is 41.9 Å². The Labute approximate surface area is 142 Å². The van der Waals surface area contributed by atoms with Crippen LogP contribution in [-0.2, 0) is 0 Å². The van der Waals surface area contributed by atoms with Gasteiger partial charge in [0, 0.05) is 30.4 Å². The van der Waals surface area contributed by atoms with E-state index in [0.29, 0.717) is 5.06 Å². The van der Waals surface area contributed by atoms with Crippen molar-refractivity contribution in [3.63, 3.8) is 0 Å². The molecule has 1 aliphatic heterocycles. The molecule has 124 valence electrons. The molecule has 1 fully saturated rings. The summed E-state index contributed by atoms with van der Waals surface area (Å²) in [4.78, 5) is 19.4. The second-order valence-corrected chi connectivity index (χ2v) is 6.45. The third-order valence-corrected chi connectivity index (χ3v) is 4.72. The van der Waals surface area contributed by atoms with Crippen LogP contribution in [0.2, 0.25) is 0 Å². The van der Waals surface area contributed by atoms with Gasteiger partial charge in [-0.3, -0.25) is 0 Å². The molecule has 7 nitrogen and oxygen atoms in total. The van der Waals surface area contributed by atoms with Crippen LogP contribution in [0.5, 0.6) is 5.06 Å². The first-order valence-corrected chi connectivity index (χ1v) is 8.63. The first-order chi connectivity index (χ1) is 11.8. The Kier molecular flexibility index (Phi) is 4.06. The molecule has 1 saturated heterocycles. The van der Waals surface area contributed by atoms with E-state index < -0.39 is 6.09 Å². The summed E-state index contributed by atoms with van der Waals surface area (Å²) < 4.78 is 5.47. The van der Waals surface area contributed by atoms with Gasteiger partial charge in [-0.1, -0.05) is 0 Å². The Hall–Kier alpha value is -2.58. The highest BCUT2D eigenvalue weighted by molar-refractivity contribution is 7.12. The van der Waals surface area contributed by atoms with Gasteiger partial charge in [-0.15, -0.1) is 11.3 Å². The highest BCUT2D eigenvalue weighted by Crippen LogP contribution is 2.35. The summed E-state index contributed by atoms with van der Waals surface area (Å²) in [7, 11) is 0. The summed E-state index contributed by atoms with van der Waals surface area (Å²) in [6.07, 6.45) is 4.08. The van der Waals surface area contributed by atoms with Crippen LogP contribution in [0.1, 0.15) is 6.42 Å². The Morgan fingerprint density at radius 1 is 1.33 bits per heavy atom. The average Bonchev–Trinajstić information content (AvgIpc) is 3.30. The number of fused-ring (bicyclic) bond motifs is 1. The number of nitrogens with zero attached hydrogens (tertiary/aromatic N) is 1. The van der Waals surface area contributed by atoms with Crippen LogP contribution in [0.25, 0.3) is 11.0 Å². The number of amides is 1. The van der Waals surface area contributed by atoms with Crippen LogP contribution in [0.15, 0.2) is 36.0 Å². The second-order valence-electron chi connectivity index (χ2n) is 5.57. The first-order valence-electron chi connectivity index (χ1n) is 7.75. The van der Waals surface area contributed by atoms with E-state index in [1.165, 1.54) is 11.3 Å². The lowest BCUT2D eigenvalue weighted by Crippen LogP contribution is -2.38. The highest BCUT2D eigenvalue weighted by Gasteiger charge is 2.19. The topological polar surface area (TPSA) is 91.1 Å². The molecule has 24 heavy (non-hydrogen) atoms. The van der Waals surface area contributed by atoms with Gasteiger partial charge in [0.1, 0.15) is 5.65 Å². The molecule has 4 N–H and O–H groups in total. The molecule has 3 aromatic heterocycles. The minimum absolute atomic E-state index is 0.133. The summed E-state index contributed by atoms with van der Waals surface area (Å²) in [5.74, 6) is 0. The molecular formula is C16H17N5O2S. The number of nitrogens with one attached hydrogen (secondary N) is 4. The predicted octanol–water partition coefficient (Wildman–Crippen LogP) is 2.82. The number of hydrogen-bond acceptors (Lipinski definition) is 6. The number of aromatic nitrogens is 2. The quantitative estimate of drug-likeness (QED) is 0.585. The van der Waals surface area contributed by atoms with Crippen LogP contribution in [-0.4, -0.2) is 35.2 Å². The Bertz CT molecular complexity index is 853. The molecule has 8 heteroatoms. The number of anilines is 2. The Morgan fingerprint density at radius 2 is 2.29 bits per heavy atom. The maximum Gasteiger partial charge on any atom is 0.413 e. The molecule has 1 amide bonds. The molecule has 1 atom stereocenters. The standard InChI is InChI=1S/C16H17N5O2S/c22-16(20-10-1-5-17-9-10)23-15-13(4-8-24-15)21-12-3-7-19-14-11(12)2-6-18-14/h2-4,6-8,10,17H,1,5,9H2,(H,20,22)(H2,18,19,21). The van der Waals surface area contributed by atoms with Gasteiger partial charge < -0.3 is 25.7 Å². The van der Waals surface area contributed by atoms with Crippen molar-refractivity contribution in [1.29, 1.82) is 0 Å². The minimum atomic E-state index is -0.421. The van der Waals surface area contributed by atoms with Crippen molar-refractivity contribution >= 4 is 39.8 Å². The van der Waals surface area contributed by atoms with Gasteiger partial charge in [0.15, 0.2) is 0 Å². The molecule has 1 aliphatic rings. The Balaban J connectivity index is 1.48. The summed E-state index contributed by atoms with van der Waals surface area (Å²) in [6, 6.07) is 5.87. The van der Waals surface area contributed by atoms with Crippen molar-refractivity contribution in [3.8, 4) is 5.06 Å². The fraction of sp³-hybridized carbons (Fsp3) is 0.250. The van der Waals surface area contributed by atoms with E-state index >= 15 is 0 Å². The van der Waals surface area contributed by atoms with Crippen LogP contribution in [0.3, 0.4) is 0 Å². The van der Waals surface area contributed by atoms with Crippen LogP contribution in [0, 0.1) is 0 Å². The van der Waals surface area contributed by atoms with E-state index in [1.54, 1.807) is 6.20 Å². The van der Waals surface area contributed by atoms with Crippen LogP contribution < -0.4 is 20.7 Å². The van der Waals surface area contributed by atoms with E-state index in [2.05, 4.69) is 25.9 Å². The summed E-state index contributed by atoms with van der Waals surface area (Å²) in [5, 5.41) is 12.8. The van der Waals surface area contributed by atoms with Crippen molar-refractivity contribution in [2.24, 2.45) is 0 Å². The van der Waals surface area contributed by atoms with E-state index in [9.17, 15) is 4.79 Å². The predicted molar refractivity (Wildman–Crippen MR) is 94.1 cm³/mol. The molecule has 3 aromatic rings. The summed E-state index contributed by atoms with van der Waals surface area (Å²) >= 11 is 1.38. The Morgan fingerprint density at radius 3 is 3.17 bits per heavy atom. The maximum absolute atomic E-state index is 12.0. The van der Waals surface area contributed by atoms with Gasteiger partial charge in [-0.05, 0) is 36.5 Å². The average molecular weight is 343 g/mol. The lowest BCUT2D eigenvalue weighted by Gasteiger charge is -2.12. The number of carbonyl (C=O) groups is 1. The lowest BCUT2D eigenvalue weighted by atomic mass is 10.3. The molecule has 0 aliphatic carbocycles. The molecule has 0 radical (unpaired) electrons. The number of carbonyl (C=O) groups excluding carboxylic acids is 1. The van der Waals surface area contributed by atoms with Crippen molar-refractivity contribution in [2.45, 2.75) is 12.5 Å². The van der Waals surface area contributed by atoms with Crippen LogP contribution >= 0.6 is 11.3 Å². The van der Waals surface area contributed by atoms with Crippen molar-refractivity contribution in [2.75, 3.05) is 18.4 Å². The number of pyridine rings is 1. The number of thiophene rings is 1. The van der Waals surface area contributed by atoms with Gasteiger partial charge in [0.2, 0.25) is 5.06 Å². The number of rotatable bonds is 4. The number of aromatic amines is 1. The van der Waals surface area contributed by atoms with Gasteiger partial charge in [0.25, 0.3) is 0 Å². The zero-order valence-electron chi connectivity index (χ0n) is 12.8. The largest absolute Gasteiger partial charge is 0.413 e. The first kappa shape index (κ1) is 15.0. The molecule has 1 unspecified atom stereocenters. The smallest absolute Gasteiger partial charge is 0.397 e. The number of ether oxygens (including phenoxy) is 1. The number of hydrogen-bond donors (Lipinski definition) is 4. The van der Waals surface area contributed by atoms with Gasteiger partial charge in [-0.2, -0.15) is 0 Å². The summed E-state index contributed by atoms with van der Waals surface area (Å²) in [5.41, 5.74) is 2.47. The molecule has 0 saturated carbocycles. The van der Waals surface area contributed by atoms with Crippen molar-refractivity contribution in [1.82, 2.24) is 20.6 Å². The third-order valence-electron chi connectivity index (χ3n) is 3.93. The normalized spacial score (nSPS) is 17.1. The molecular weight excluding hydrogens is 326 g/mol. The monoisotopic (exact) mass is 343 g/mol. The van der Waals surface area contributed by atoms with E-state index in [-0.39, 0.29) is 6.04 Å². The van der Waals surface area contributed by atoms with Crippen molar-refractivity contribution in [3.05, 3.63) is 36.0 Å².